The van der Waals surface area contributed by atoms with Crippen LogP contribution in [0, 0.1) is 0 Å². The van der Waals surface area contributed by atoms with E-state index < -0.39 is 20.5 Å². The van der Waals surface area contributed by atoms with Crippen LogP contribution in [0.3, 0.4) is 0 Å². The molecule has 12 heavy (non-hydrogen) atoms. The van der Waals surface area contributed by atoms with Crippen molar-refractivity contribution in [3.63, 3.8) is 0 Å². The van der Waals surface area contributed by atoms with Crippen molar-refractivity contribution in [2.75, 3.05) is 13.3 Å². The van der Waals surface area contributed by atoms with E-state index in [9.17, 15) is 13.2 Å². The first-order valence-electron chi connectivity index (χ1n) is 3.35. The molecule has 0 saturated carbocycles. The van der Waals surface area contributed by atoms with Crippen molar-refractivity contribution >= 4 is 15.7 Å². The lowest BCUT2D eigenvalue weighted by molar-refractivity contribution is -0.121. The number of carbonyl (C=O) groups is 1. The van der Waals surface area contributed by atoms with E-state index in [-0.39, 0.29) is 0 Å². The number of hydrogen-bond donors (Lipinski definition) is 1. The predicted octanol–water partition coefficient (Wildman–Crippen LogP) is -0.278. The molecule has 0 aliphatic rings. The minimum atomic E-state index is -3.46. The van der Waals surface area contributed by atoms with E-state index in [1.807, 2.05) is 0 Å². The number of rotatable bonds is 3. The second-order valence-corrected chi connectivity index (χ2v) is 5.05. The van der Waals surface area contributed by atoms with Crippen LogP contribution in [-0.2, 0) is 14.6 Å². The van der Waals surface area contributed by atoms with Gasteiger partial charge >= 0.3 is 0 Å². The molecule has 70 valence electrons. The van der Waals surface area contributed by atoms with E-state index in [1.165, 1.54) is 14.0 Å². The van der Waals surface area contributed by atoms with Crippen molar-refractivity contribution in [2.45, 2.75) is 11.7 Å². The maximum Gasteiger partial charge on any atom is 0.244 e. The molecule has 5 heteroatoms. The minimum Gasteiger partial charge on any atom is -0.358 e. The highest BCUT2D eigenvalue weighted by atomic mass is 32.2. The Morgan fingerprint density at radius 2 is 2.00 bits per heavy atom. The van der Waals surface area contributed by atoms with Gasteiger partial charge in [-0.05, 0) is 6.92 Å². The van der Waals surface area contributed by atoms with Gasteiger partial charge in [0.2, 0.25) is 5.91 Å². The third kappa shape index (κ3) is 1.66. The highest BCUT2D eigenvalue weighted by Crippen LogP contribution is 2.16. The topological polar surface area (TPSA) is 63.2 Å². The molecule has 0 radical (unpaired) electrons. The third-order valence-electron chi connectivity index (χ3n) is 1.84. The number of carbonyl (C=O) groups excluding carboxylic acids is 1. The number of hydrogen-bond acceptors (Lipinski definition) is 3. The molecule has 0 heterocycles. The summed E-state index contributed by atoms with van der Waals surface area (Å²) in [5.41, 5.74) is 0. The second-order valence-electron chi connectivity index (χ2n) is 2.66. The van der Waals surface area contributed by atoms with Crippen LogP contribution < -0.4 is 5.32 Å². The maximum atomic E-state index is 11.2. The molecule has 0 spiro atoms. The summed E-state index contributed by atoms with van der Waals surface area (Å²) >= 11 is 0. The van der Waals surface area contributed by atoms with Crippen LogP contribution >= 0.6 is 0 Å². The minimum absolute atomic E-state index is 0.569. The third-order valence-corrected chi connectivity index (χ3v) is 3.73. The molecule has 0 aromatic rings. The highest BCUT2D eigenvalue weighted by Gasteiger charge is 2.39. The lowest BCUT2D eigenvalue weighted by Crippen LogP contribution is -2.47. The molecular weight excluding hydrogens is 178 g/mol. The van der Waals surface area contributed by atoms with E-state index in [4.69, 9.17) is 0 Å². The van der Waals surface area contributed by atoms with Crippen molar-refractivity contribution in [2.24, 2.45) is 0 Å². The van der Waals surface area contributed by atoms with Crippen molar-refractivity contribution in [1.82, 2.24) is 5.32 Å². The van der Waals surface area contributed by atoms with Crippen LogP contribution in [0.1, 0.15) is 6.92 Å². The van der Waals surface area contributed by atoms with E-state index in [0.29, 0.717) is 0 Å². The summed E-state index contributed by atoms with van der Waals surface area (Å²) in [5, 5.41) is 2.27. The van der Waals surface area contributed by atoms with E-state index >= 15 is 0 Å². The number of sulfone groups is 1. The van der Waals surface area contributed by atoms with Gasteiger partial charge in [0.15, 0.2) is 14.6 Å². The molecule has 0 aromatic heterocycles. The highest BCUT2D eigenvalue weighted by molar-refractivity contribution is 7.93. The fourth-order valence-corrected chi connectivity index (χ4v) is 1.40. The average molecular weight is 191 g/mol. The first-order valence-corrected chi connectivity index (χ1v) is 5.24. The Hall–Kier alpha value is -0.840. The molecule has 0 saturated heterocycles. The van der Waals surface area contributed by atoms with Gasteiger partial charge in [0.25, 0.3) is 0 Å². The summed E-state index contributed by atoms with van der Waals surface area (Å²) in [6.45, 7) is 4.64. The molecule has 0 aliphatic carbocycles. The zero-order valence-corrected chi connectivity index (χ0v) is 8.23. The van der Waals surface area contributed by atoms with Crippen LogP contribution in [-0.4, -0.2) is 32.4 Å². The zero-order valence-electron chi connectivity index (χ0n) is 7.42. The molecule has 0 rings (SSSR count). The van der Waals surface area contributed by atoms with Gasteiger partial charge in [-0.25, -0.2) is 8.42 Å². The molecule has 0 aromatic carbocycles. The summed E-state index contributed by atoms with van der Waals surface area (Å²) in [6, 6.07) is 0. The Bertz CT molecular complexity index is 294. The average Bonchev–Trinajstić information content (AvgIpc) is 1.99. The van der Waals surface area contributed by atoms with Crippen molar-refractivity contribution in [3.8, 4) is 0 Å². The quantitative estimate of drug-likeness (QED) is 0.624. The lowest BCUT2D eigenvalue weighted by atomic mass is 10.1. The Balaban J connectivity index is 5.23. The van der Waals surface area contributed by atoms with Gasteiger partial charge < -0.3 is 5.32 Å². The summed E-state index contributed by atoms with van der Waals surface area (Å²) in [7, 11) is -2.07. The monoisotopic (exact) mass is 191 g/mol. The first kappa shape index (κ1) is 11.2. The van der Waals surface area contributed by atoms with Crippen LogP contribution in [0.25, 0.3) is 0 Å². The van der Waals surface area contributed by atoms with Gasteiger partial charge in [-0.3, -0.25) is 4.79 Å². The van der Waals surface area contributed by atoms with Crippen LogP contribution in [0.15, 0.2) is 12.7 Å². The Labute approximate surface area is 72.6 Å². The summed E-state index contributed by atoms with van der Waals surface area (Å²) in [4.78, 5) is 11.1. The van der Waals surface area contributed by atoms with Crippen LogP contribution in [0.5, 0.6) is 0 Å². The molecule has 1 atom stereocenters. The molecule has 0 bridgehead atoms. The molecule has 1 N–H and O–H groups in total. The zero-order chi connectivity index (χ0) is 9.99. The van der Waals surface area contributed by atoms with E-state index in [2.05, 4.69) is 11.9 Å². The van der Waals surface area contributed by atoms with Gasteiger partial charge in [-0.1, -0.05) is 6.08 Å². The molecule has 0 fully saturated rings. The Morgan fingerprint density at radius 1 is 1.58 bits per heavy atom. The normalized spacial score (nSPS) is 16.2. The van der Waals surface area contributed by atoms with Gasteiger partial charge in [-0.15, -0.1) is 6.58 Å². The number of nitrogens with one attached hydrogen (secondary N) is 1. The SMILES string of the molecule is C=CC(C)(C(=O)NC)S(C)(=O)=O. The fraction of sp³-hybridized carbons (Fsp3) is 0.571. The molecule has 0 aliphatic heterocycles. The van der Waals surface area contributed by atoms with E-state index in [1.54, 1.807) is 0 Å². The Kier molecular flexibility index (Phi) is 3.04. The number of amides is 1. The van der Waals surface area contributed by atoms with Crippen molar-refractivity contribution < 1.29 is 13.2 Å². The molecule has 1 amide bonds. The molecule has 4 nitrogen and oxygen atoms in total. The van der Waals surface area contributed by atoms with Crippen molar-refractivity contribution in [1.29, 1.82) is 0 Å². The van der Waals surface area contributed by atoms with E-state index in [0.717, 1.165) is 12.3 Å². The molecule has 1 unspecified atom stereocenters. The van der Waals surface area contributed by atoms with Crippen LogP contribution in [0.2, 0.25) is 0 Å². The largest absolute Gasteiger partial charge is 0.358 e. The van der Waals surface area contributed by atoms with Crippen LogP contribution in [0.4, 0.5) is 0 Å². The Morgan fingerprint density at radius 3 is 2.08 bits per heavy atom. The fourth-order valence-electron chi connectivity index (χ4n) is 0.661. The predicted molar refractivity (Wildman–Crippen MR) is 47.5 cm³/mol. The molecular formula is C7H13NO3S. The second kappa shape index (κ2) is 3.26. The van der Waals surface area contributed by atoms with Gasteiger partial charge in [0.05, 0.1) is 0 Å². The summed E-state index contributed by atoms with van der Waals surface area (Å²) in [5.74, 6) is -0.569. The summed E-state index contributed by atoms with van der Waals surface area (Å²) in [6.07, 6.45) is 2.13. The lowest BCUT2D eigenvalue weighted by Gasteiger charge is -2.20. The maximum absolute atomic E-state index is 11.2. The standard InChI is InChI=1S/C7H13NO3S/c1-5-7(2,6(9)8-3)12(4,10)11/h5H,1H2,2-4H3,(H,8,9). The smallest absolute Gasteiger partial charge is 0.244 e. The van der Waals surface area contributed by atoms with Crippen molar-refractivity contribution in [3.05, 3.63) is 12.7 Å². The first-order chi connectivity index (χ1) is 5.29. The van der Waals surface area contributed by atoms with Gasteiger partial charge in [0.1, 0.15) is 0 Å². The van der Waals surface area contributed by atoms with Gasteiger partial charge in [0, 0.05) is 13.3 Å². The summed E-state index contributed by atoms with van der Waals surface area (Å²) < 4.78 is 20.8. The van der Waals surface area contributed by atoms with Gasteiger partial charge in [-0.2, -0.15) is 0 Å².